The van der Waals surface area contributed by atoms with Gasteiger partial charge in [-0.25, -0.2) is 4.39 Å². The molecular formula is C17H19ClFNO. The average molecular weight is 308 g/mol. The van der Waals surface area contributed by atoms with Crippen molar-refractivity contribution in [2.24, 2.45) is 0 Å². The van der Waals surface area contributed by atoms with E-state index in [4.69, 9.17) is 16.3 Å². The highest BCUT2D eigenvalue weighted by Crippen LogP contribution is 2.33. The van der Waals surface area contributed by atoms with Gasteiger partial charge in [-0.3, -0.25) is 0 Å². The summed E-state index contributed by atoms with van der Waals surface area (Å²) in [4.78, 5) is 0. The number of nitrogens with one attached hydrogen (secondary N) is 1. The monoisotopic (exact) mass is 307 g/mol. The first-order valence-corrected chi connectivity index (χ1v) is 7.21. The molecule has 0 spiro atoms. The SMILES string of the molecule is CNC(C)c1cc(F)ccc1Oc1cc(C)c(Cl)c(C)c1. The molecule has 2 rings (SSSR count). The maximum atomic E-state index is 13.5. The highest BCUT2D eigenvalue weighted by Gasteiger charge is 2.13. The van der Waals surface area contributed by atoms with Crippen molar-refractivity contribution < 1.29 is 9.13 Å². The Morgan fingerprint density at radius 2 is 1.76 bits per heavy atom. The molecule has 1 unspecified atom stereocenters. The molecule has 0 radical (unpaired) electrons. The Bertz CT molecular complexity index is 634. The summed E-state index contributed by atoms with van der Waals surface area (Å²) in [5.74, 6) is 1.06. The van der Waals surface area contributed by atoms with Gasteiger partial charge in [0.1, 0.15) is 17.3 Å². The molecule has 0 fully saturated rings. The Kier molecular flexibility index (Phi) is 4.86. The molecule has 1 N–H and O–H groups in total. The van der Waals surface area contributed by atoms with Gasteiger partial charge in [0.25, 0.3) is 0 Å². The quantitative estimate of drug-likeness (QED) is 0.841. The number of hydrogen-bond donors (Lipinski definition) is 1. The van der Waals surface area contributed by atoms with Crippen molar-refractivity contribution in [3.8, 4) is 11.5 Å². The van der Waals surface area contributed by atoms with Crippen LogP contribution in [-0.2, 0) is 0 Å². The first-order valence-electron chi connectivity index (χ1n) is 6.83. The van der Waals surface area contributed by atoms with Crippen LogP contribution in [0.15, 0.2) is 30.3 Å². The second kappa shape index (κ2) is 6.46. The van der Waals surface area contributed by atoms with Gasteiger partial charge in [0.2, 0.25) is 0 Å². The lowest BCUT2D eigenvalue weighted by Gasteiger charge is -2.17. The van der Waals surface area contributed by atoms with E-state index < -0.39 is 0 Å². The highest BCUT2D eigenvalue weighted by molar-refractivity contribution is 6.32. The molecule has 0 saturated heterocycles. The van der Waals surface area contributed by atoms with E-state index in [1.165, 1.54) is 12.1 Å². The standard InChI is InChI=1S/C17H19ClFNO/c1-10-7-14(8-11(2)17(10)18)21-16-6-5-13(19)9-15(16)12(3)20-4/h5-9,12,20H,1-4H3. The molecule has 0 heterocycles. The summed E-state index contributed by atoms with van der Waals surface area (Å²) in [6, 6.07) is 8.30. The van der Waals surface area contributed by atoms with Crippen molar-refractivity contribution in [2.75, 3.05) is 7.05 Å². The Hall–Kier alpha value is -1.58. The fourth-order valence-corrected chi connectivity index (χ4v) is 2.31. The number of benzene rings is 2. The summed E-state index contributed by atoms with van der Waals surface area (Å²) in [5, 5.41) is 3.84. The van der Waals surface area contributed by atoms with Crippen LogP contribution in [0, 0.1) is 19.7 Å². The maximum absolute atomic E-state index is 13.5. The normalized spacial score (nSPS) is 12.3. The molecule has 0 saturated carbocycles. The molecule has 1 atom stereocenters. The Balaban J connectivity index is 2.40. The number of ether oxygens (including phenoxy) is 1. The predicted octanol–water partition coefficient (Wildman–Crippen LogP) is 5.17. The Labute approximate surface area is 129 Å². The topological polar surface area (TPSA) is 21.3 Å². The van der Waals surface area contributed by atoms with E-state index in [-0.39, 0.29) is 11.9 Å². The molecule has 2 aromatic rings. The molecule has 2 aromatic carbocycles. The van der Waals surface area contributed by atoms with Gasteiger partial charge in [0, 0.05) is 16.6 Å². The third-order valence-corrected chi connectivity index (χ3v) is 4.11. The van der Waals surface area contributed by atoms with Crippen LogP contribution in [0.2, 0.25) is 5.02 Å². The second-order valence-corrected chi connectivity index (χ2v) is 5.54. The van der Waals surface area contributed by atoms with Gasteiger partial charge in [0.05, 0.1) is 0 Å². The minimum absolute atomic E-state index is 0.00908. The molecule has 2 nitrogen and oxygen atoms in total. The lowest BCUT2D eigenvalue weighted by molar-refractivity contribution is 0.462. The van der Waals surface area contributed by atoms with E-state index >= 15 is 0 Å². The van der Waals surface area contributed by atoms with Crippen LogP contribution < -0.4 is 10.1 Å². The van der Waals surface area contributed by atoms with Crippen LogP contribution in [0.3, 0.4) is 0 Å². The van der Waals surface area contributed by atoms with Crippen molar-refractivity contribution >= 4 is 11.6 Å². The van der Waals surface area contributed by atoms with Gasteiger partial charge < -0.3 is 10.1 Å². The molecule has 4 heteroatoms. The molecule has 0 amide bonds. The van der Waals surface area contributed by atoms with Gasteiger partial charge in [-0.1, -0.05) is 11.6 Å². The van der Waals surface area contributed by atoms with Gasteiger partial charge in [-0.05, 0) is 69.3 Å². The van der Waals surface area contributed by atoms with Gasteiger partial charge in [-0.15, -0.1) is 0 Å². The number of aryl methyl sites for hydroxylation is 2. The van der Waals surface area contributed by atoms with Crippen LogP contribution >= 0.6 is 11.6 Å². The van der Waals surface area contributed by atoms with Crippen LogP contribution in [0.4, 0.5) is 4.39 Å². The fourth-order valence-electron chi connectivity index (χ4n) is 2.20. The van der Waals surface area contributed by atoms with E-state index in [9.17, 15) is 4.39 Å². The summed E-state index contributed by atoms with van der Waals surface area (Å²) in [6.45, 7) is 5.83. The smallest absolute Gasteiger partial charge is 0.132 e. The molecule has 0 aromatic heterocycles. The molecule has 0 aliphatic rings. The molecule has 0 aliphatic heterocycles. The summed E-state index contributed by atoms with van der Waals surface area (Å²) in [5.41, 5.74) is 2.69. The number of hydrogen-bond acceptors (Lipinski definition) is 2. The van der Waals surface area contributed by atoms with Crippen molar-refractivity contribution in [1.82, 2.24) is 5.32 Å². The van der Waals surface area contributed by atoms with Crippen LogP contribution in [0.1, 0.15) is 29.7 Å². The lowest BCUT2D eigenvalue weighted by atomic mass is 10.1. The largest absolute Gasteiger partial charge is 0.457 e. The lowest BCUT2D eigenvalue weighted by Crippen LogP contribution is -2.13. The predicted molar refractivity (Wildman–Crippen MR) is 84.9 cm³/mol. The van der Waals surface area contributed by atoms with Crippen LogP contribution in [0.5, 0.6) is 11.5 Å². The zero-order chi connectivity index (χ0) is 15.6. The zero-order valence-electron chi connectivity index (χ0n) is 12.6. The minimum Gasteiger partial charge on any atom is -0.457 e. The zero-order valence-corrected chi connectivity index (χ0v) is 13.4. The third kappa shape index (κ3) is 3.55. The van der Waals surface area contributed by atoms with E-state index in [2.05, 4.69) is 5.32 Å². The average Bonchev–Trinajstić information content (AvgIpc) is 2.45. The third-order valence-electron chi connectivity index (χ3n) is 3.51. The highest BCUT2D eigenvalue weighted by atomic mass is 35.5. The van der Waals surface area contributed by atoms with Gasteiger partial charge in [-0.2, -0.15) is 0 Å². The van der Waals surface area contributed by atoms with E-state index in [1.54, 1.807) is 6.07 Å². The Morgan fingerprint density at radius 1 is 1.14 bits per heavy atom. The first-order chi connectivity index (χ1) is 9.92. The summed E-state index contributed by atoms with van der Waals surface area (Å²) >= 11 is 6.16. The Morgan fingerprint density at radius 3 is 2.33 bits per heavy atom. The summed E-state index contributed by atoms with van der Waals surface area (Å²) in [6.07, 6.45) is 0. The van der Waals surface area contributed by atoms with E-state index in [0.717, 1.165) is 21.7 Å². The number of rotatable bonds is 4. The van der Waals surface area contributed by atoms with Crippen molar-refractivity contribution in [3.05, 3.63) is 57.9 Å². The van der Waals surface area contributed by atoms with E-state index in [0.29, 0.717) is 11.5 Å². The molecular weight excluding hydrogens is 289 g/mol. The maximum Gasteiger partial charge on any atom is 0.132 e. The summed E-state index contributed by atoms with van der Waals surface area (Å²) in [7, 11) is 1.83. The van der Waals surface area contributed by atoms with E-state index in [1.807, 2.05) is 40.0 Å². The molecule has 0 aliphatic carbocycles. The minimum atomic E-state index is -0.275. The summed E-state index contributed by atoms with van der Waals surface area (Å²) < 4.78 is 19.4. The molecule has 21 heavy (non-hydrogen) atoms. The molecule has 0 bridgehead atoms. The first kappa shape index (κ1) is 15.8. The fraction of sp³-hybridized carbons (Fsp3) is 0.294. The number of halogens is 2. The van der Waals surface area contributed by atoms with Gasteiger partial charge >= 0.3 is 0 Å². The van der Waals surface area contributed by atoms with Gasteiger partial charge in [0.15, 0.2) is 0 Å². The van der Waals surface area contributed by atoms with Crippen molar-refractivity contribution in [1.29, 1.82) is 0 Å². The van der Waals surface area contributed by atoms with Crippen molar-refractivity contribution in [2.45, 2.75) is 26.8 Å². The molecule has 112 valence electrons. The van der Waals surface area contributed by atoms with Crippen molar-refractivity contribution in [3.63, 3.8) is 0 Å². The van der Waals surface area contributed by atoms with Crippen LogP contribution in [0.25, 0.3) is 0 Å². The second-order valence-electron chi connectivity index (χ2n) is 5.17. The van der Waals surface area contributed by atoms with Crippen LogP contribution in [-0.4, -0.2) is 7.05 Å².